The molecule has 0 amide bonds. The fourth-order valence-electron chi connectivity index (χ4n) is 0.916. The van der Waals surface area contributed by atoms with Gasteiger partial charge in [-0.2, -0.15) is 5.10 Å². The SMILES string of the molecule is O=C(O)c1[nH]nc(C(F)C(F)CF)c1F. The Kier molecular flexibility index (Phi) is 3.28. The number of H-pyrrole nitrogens is 1. The summed E-state index contributed by atoms with van der Waals surface area (Å²) in [4.78, 5) is 10.3. The minimum Gasteiger partial charge on any atom is -0.476 e. The number of alkyl halides is 3. The summed E-state index contributed by atoms with van der Waals surface area (Å²) in [6.45, 7) is -1.64. The molecule has 84 valence electrons. The fraction of sp³-hybridized carbons (Fsp3) is 0.429. The van der Waals surface area contributed by atoms with Crippen molar-refractivity contribution in [3.05, 3.63) is 17.2 Å². The van der Waals surface area contributed by atoms with Crippen molar-refractivity contribution in [3.8, 4) is 0 Å². The van der Waals surface area contributed by atoms with Crippen molar-refractivity contribution in [1.29, 1.82) is 0 Å². The number of aromatic carboxylic acids is 1. The average Bonchev–Trinajstić information content (AvgIpc) is 2.57. The maximum Gasteiger partial charge on any atom is 0.357 e. The van der Waals surface area contributed by atoms with Gasteiger partial charge in [0.2, 0.25) is 0 Å². The highest BCUT2D eigenvalue weighted by Crippen LogP contribution is 2.25. The monoisotopic (exact) mass is 226 g/mol. The number of nitrogens with one attached hydrogen (secondary N) is 1. The van der Waals surface area contributed by atoms with Crippen LogP contribution < -0.4 is 0 Å². The number of halogens is 4. The predicted octanol–water partition coefficient (Wildman–Crippen LogP) is 1.57. The van der Waals surface area contributed by atoms with Crippen molar-refractivity contribution in [2.75, 3.05) is 6.67 Å². The molecule has 0 aliphatic heterocycles. The molecule has 4 nitrogen and oxygen atoms in total. The molecular formula is C7H6F4N2O2. The zero-order valence-electron chi connectivity index (χ0n) is 7.18. The first-order valence-corrected chi connectivity index (χ1v) is 3.80. The molecule has 0 aliphatic rings. The Labute approximate surface area is 80.9 Å². The molecule has 0 spiro atoms. The van der Waals surface area contributed by atoms with E-state index in [-0.39, 0.29) is 0 Å². The maximum atomic E-state index is 13.0. The molecular weight excluding hydrogens is 220 g/mol. The molecule has 15 heavy (non-hydrogen) atoms. The van der Waals surface area contributed by atoms with E-state index in [4.69, 9.17) is 5.11 Å². The third-order valence-corrected chi connectivity index (χ3v) is 1.67. The zero-order chi connectivity index (χ0) is 11.6. The number of carboxylic acid groups (broad SMARTS) is 1. The summed E-state index contributed by atoms with van der Waals surface area (Å²) in [6, 6.07) is 0. The van der Waals surface area contributed by atoms with E-state index < -0.39 is 42.2 Å². The third kappa shape index (κ3) is 2.08. The van der Waals surface area contributed by atoms with Gasteiger partial charge in [-0.1, -0.05) is 0 Å². The lowest BCUT2D eigenvalue weighted by molar-refractivity contribution is 0.0685. The summed E-state index contributed by atoms with van der Waals surface area (Å²) >= 11 is 0. The molecule has 0 saturated heterocycles. The van der Waals surface area contributed by atoms with Gasteiger partial charge < -0.3 is 5.11 Å². The Morgan fingerprint density at radius 2 is 2.13 bits per heavy atom. The second-order valence-electron chi connectivity index (χ2n) is 2.68. The van der Waals surface area contributed by atoms with Gasteiger partial charge in [0.1, 0.15) is 12.4 Å². The van der Waals surface area contributed by atoms with E-state index in [1.807, 2.05) is 0 Å². The molecule has 0 bridgehead atoms. The smallest absolute Gasteiger partial charge is 0.357 e. The zero-order valence-corrected chi connectivity index (χ0v) is 7.18. The van der Waals surface area contributed by atoms with Gasteiger partial charge in [0.15, 0.2) is 23.9 Å². The lowest BCUT2D eigenvalue weighted by Gasteiger charge is -2.06. The first kappa shape index (κ1) is 11.5. The van der Waals surface area contributed by atoms with Crippen LogP contribution in [-0.4, -0.2) is 34.1 Å². The summed E-state index contributed by atoms with van der Waals surface area (Å²) in [5.74, 6) is -3.22. The second-order valence-corrected chi connectivity index (χ2v) is 2.68. The number of carbonyl (C=O) groups is 1. The molecule has 1 rings (SSSR count). The third-order valence-electron chi connectivity index (χ3n) is 1.67. The summed E-state index contributed by atoms with van der Waals surface area (Å²) in [6.07, 6.45) is -5.19. The van der Waals surface area contributed by atoms with Gasteiger partial charge in [0.25, 0.3) is 0 Å². The second kappa shape index (κ2) is 4.28. The maximum absolute atomic E-state index is 13.0. The molecule has 1 aromatic heterocycles. The highest BCUT2D eigenvalue weighted by Gasteiger charge is 2.31. The Morgan fingerprint density at radius 1 is 1.53 bits per heavy atom. The van der Waals surface area contributed by atoms with E-state index in [2.05, 4.69) is 5.10 Å². The number of rotatable bonds is 4. The van der Waals surface area contributed by atoms with Gasteiger partial charge in [-0.05, 0) is 0 Å². The molecule has 0 saturated carbocycles. The Morgan fingerprint density at radius 3 is 2.53 bits per heavy atom. The van der Waals surface area contributed by atoms with Gasteiger partial charge in [0, 0.05) is 0 Å². The van der Waals surface area contributed by atoms with Gasteiger partial charge in [-0.15, -0.1) is 0 Å². The summed E-state index contributed by atoms with van der Waals surface area (Å²) in [5, 5.41) is 13.0. The van der Waals surface area contributed by atoms with E-state index in [1.165, 1.54) is 0 Å². The minimum absolute atomic E-state index is 0.987. The fourth-order valence-corrected chi connectivity index (χ4v) is 0.916. The largest absolute Gasteiger partial charge is 0.476 e. The molecule has 0 fully saturated rings. The van der Waals surface area contributed by atoms with Crippen LogP contribution in [0.15, 0.2) is 0 Å². The van der Waals surface area contributed by atoms with Crippen molar-refractivity contribution in [1.82, 2.24) is 10.2 Å². The van der Waals surface area contributed by atoms with Crippen LogP contribution in [0.5, 0.6) is 0 Å². The molecule has 0 radical (unpaired) electrons. The Hall–Kier alpha value is -1.60. The molecule has 2 N–H and O–H groups in total. The van der Waals surface area contributed by atoms with Crippen molar-refractivity contribution in [3.63, 3.8) is 0 Å². The number of aromatic nitrogens is 2. The van der Waals surface area contributed by atoms with Gasteiger partial charge >= 0.3 is 5.97 Å². The molecule has 8 heteroatoms. The molecule has 0 aliphatic carbocycles. The standard InChI is InChI=1S/C7H6F4N2O2/c8-1-2(9)3(10)5-4(11)6(7(14)15)13-12-5/h2-3H,1H2,(H,12,13)(H,14,15). The Bertz CT molecular complexity index is 368. The van der Waals surface area contributed by atoms with Crippen LogP contribution >= 0.6 is 0 Å². The van der Waals surface area contributed by atoms with E-state index in [1.54, 1.807) is 5.10 Å². The van der Waals surface area contributed by atoms with Crippen molar-refractivity contribution in [2.24, 2.45) is 0 Å². The van der Waals surface area contributed by atoms with Crippen LogP contribution in [0.2, 0.25) is 0 Å². The number of carboxylic acids is 1. The topological polar surface area (TPSA) is 66.0 Å². The number of hydrogen-bond acceptors (Lipinski definition) is 2. The van der Waals surface area contributed by atoms with E-state index in [0.29, 0.717) is 0 Å². The molecule has 2 atom stereocenters. The van der Waals surface area contributed by atoms with Crippen molar-refractivity contribution in [2.45, 2.75) is 12.3 Å². The van der Waals surface area contributed by atoms with Crippen LogP contribution in [0.1, 0.15) is 22.4 Å². The summed E-state index contributed by atoms with van der Waals surface area (Å²) in [5.41, 5.74) is -2.06. The van der Waals surface area contributed by atoms with Crippen LogP contribution in [-0.2, 0) is 0 Å². The average molecular weight is 226 g/mol. The van der Waals surface area contributed by atoms with Gasteiger partial charge in [-0.25, -0.2) is 22.4 Å². The van der Waals surface area contributed by atoms with Crippen LogP contribution in [0, 0.1) is 5.82 Å². The van der Waals surface area contributed by atoms with Gasteiger partial charge in [-0.3, -0.25) is 5.10 Å². The first-order chi connectivity index (χ1) is 6.99. The van der Waals surface area contributed by atoms with Crippen molar-refractivity contribution < 1.29 is 27.5 Å². The van der Waals surface area contributed by atoms with Crippen LogP contribution in [0.3, 0.4) is 0 Å². The van der Waals surface area contributed by atoms with Gasteiger partial charge in [0.05, 0.1) is 0 Å². The minimum atomic E-state index is -2.63. The van der Waals surface area contributed by atoms with Crippen LogP contribution in [0.25, 0.3) is 0 Å². The van der Waals surface area contributed by atoms with E-state index >= 15 is 0 Å². The lowest BCUT2D eigenvalue weighted by atomic mass is 10.2. The molecule has 1 aromatic rings. The normalized spacial score (nSPS) is 14.9. The number of nitrogens with zero attached hydrogens (tertiary/aromatic N) is 1. The lowest BCUT2D eigenvalue weighted by Crippen LogP contribution is -2.13. The molecule has 0 aromatic carbocycles. The van der Waals surface area contributed by atoms with E-state index in [0.717, 1.165) is 0 Å². The quantitative estimate of drug-likeness (QED) is 0.765. The highest BCUT2D eigenvalue weighted by atomic mass is 19.2. The van der Waals surface area contributed by atoms with E-state index in [9.17, 15) is 22.4 Å². The Balaban J connectivity index is 3.01. The number of hydrogen-bond donors (Lipinski definition) is 2. The summed E-state index contributed by atoms with van der Waals surface area (Å²) < 4.78 is 50.2. The predicted molar refractivity (Wildman–Crippen MR) is 40.2 cm³/mol. The van der Waals surface area contributed by atoms with Crippen molar-refractivity contribution >= 4 is 5.97 Å². The number of aromatic amines is 1. The highest BCUT2D eigenvalue weighted by molar-refractivity contribution is 5.85. The van der Waals surface area contributed by atoms with Crippen LogP contribution in [0.4, 0.5) is 17.6 Å². The summed E-state index contributed by atoms with van der Waals surface area (Å²) in [7, 11) is 0. The molecule has 1 heterocycles. The molecule has 2 unspecified atom stereocenters. The first-order valence-electron chi connectivity index (χ1n) is 3.80.